The summed E-state index contributed by atoms with van der Waals surface area (Å²) in [5, 5.41) is 8.84. The molecule has 7 aromatic carbocycles. The third kappa shape index (κ3) is 3.46. The highest BCUT2D eigenvalue weighted by atomic mass is 15.0. The van der Waals surface area contributed by atoms with Gasteiger partial charge in [0.1, 0.15) is 0 Å². The van der Waals surface area contributed by atoms with Gasteiger partial charge in [0.05, 0.1) is 27.6 Å². The number of fused-ring (bicyclic) bond motifs is 9. The fourth-order valence-electron chi connectivity index (χ4n) is 7.46. The summed E-state index contributed by atoms with van der Waals surface area (Å²) in [6.45, 7) is 0. The maximum Gasteiger partial charge on any atom is 0.0547 e. The smallest absolute Gasteiger partial charge is 0.0547 e. The molecule has 210 valence electrons. The van der Waals surface area contributed by atoms with Crippen molar-refractivity contribution in [2.45, 2.75) is 0 Å². The predicted molar refractivity (Wildman–Crippen MR) is 189 cm³/mol. The molecule has 3 nitrogen and oxygen atoms in total. The van der Waals surface area contributed by atoms with Crippen LogP contribution in [0.25, 0.3) is 82.3 Å². The van der Waals surface area contributed by atoms with Crippen LogP contribution in [-0.4, -0.2) is 13.7 Å². The van der Waals surface area contributed by atoms with Gasteiger partial charge in [-0.05, 0) is 89.6 Å². The van der Waals surface area contributed by atoms with Crippen molar-refractivity contribution in [3.05, 3.63) is 164 Å². The molecule has 45 heavy (non-hydrogen) atoms. The van der Waals surface area contributed by atoms with Crippen molar-refractivity contribution in [1.29, 1.82) is 0 Å². The van der Waals surface area contributed by atoms with Gasteiger partial charge in [-0.25, -0.2) is 0 Å². The molecular weight excluding hydrogens is 546 g/mol. The minimum Gasteiger partial charge on any atom is -0.317 e. The molecule has 3 aromatic heterocycles. The summed E-state index contributed by atoms with van der Waals surface area (Å²) in [7, 11) is 0. The molecule has 0 aliphatic heterocycles. The monoisotopic (exact) mass is 573 g/mol. The van der Waals surface area contributed by atoms with E-state index in [0.717, 1.165) is 5.69 Å². The van der Waals surface area contributed by atoms with Gasteiger partial charge < -0.3 is 13.7 Å². The lowest BCUT2D eigenvalue weighted by molar-refractivity contribution is 1.13. The number of aromatic nitrogens is 3. The second kappa shape index (κ2) is 9.22. The van der Waals surface area contributed by atoms with Crippen LogP contribution in [-0.2, 0) is 0 Å². The number of hydrogen-bond donors (Lipinski definition) is 0. The Morgan fingerprint density at radius 3 is 1.51 bits per heavy atom. The van der Waals surface area contributed by atoms with Crippen molar-refractivity contribution < 1.29 is 0 Å². The zero-order valence-electron chi connectivity index (χ0n) is 24.4. The van der Waals surface area contributed by atoms with Crippen molar-refractivity contribution in [1.82, 2.24) is 13.7 Å². The second-order valence-corrected chi connectivity index (χ2v) is 11.9. The Morgan fingerprint density at radius 2 is 0.822 bits per heavy atom. The Balaban J connectivity index is 1.21. The quantitative estimate of drug-likeness (QED) is 0.200. The first kappa shape index (κ1) is 24.4. The van der Waals surface area contributed by atoms with Crippen LogP contribution in [0.2, 0.25) is 0 Å². The van der Waals surface area contributed by atoms with E-state index in [1.54, 1.807) is 0 Å². The molecule has 10 rings (SSSR count). The van der Waals surface area contributed by atoms with Crippen LogP contribution in [0.1, 0.15) is 0 Å². The topological polar surface area (TPSA) is 14.8 Å². The van der Waals surface area contributed by atoms with E-state index in [2.05, 4.69) is 178 Å². The Labute approximate surface area is 259 Å². The number of rotatable bonds is 3. The molecule has 0 unspecified atom stereocenters. The minimum atomic E-state index is 1.16. The molecule has 0 radical (unpaired) electrons. The molecule has 0 bridgehead atoms. The van der Waals surface area contributed by atoms with Crippen molar-refractivity contribution in [3.8, 4) is 17.1 Å². The fraction of sp³-hybridized carbons (Fsp3) is 0. The van der Waals surface area contributed by atoms with Gasteiger partial charge in [0.2, 0.25) is 0 Å². The molecule has 0 spiro atoms. The van der Waals surface area contributed by atoms with E-state index in [9.17, 15) is 0 Å². The zero-order chi connectivity index (χ0) is 29.5. The molecule has 3 heterocycles. The summed E-state index contributed by atoms with van der Waals surface area (Å²) in [6.07, 6.45) is 2.22. The zero-order valence-corrected chi connectivity index (χ0v) is 24.4. The van der Waals surface area contributed by atoms with Crippen LogP contribution in [0, 0.1) is 0 Å². The number of benzene rings is 7. The minimum absolute atomic E-state index is 1.16. The predicted octanol–water partition coefficient (Wildman–Crippen LogP) is 11.0. The first-order valence-electron chi connectivity index (χ1n) is 15.4. The van der Waals surface area contributed by atoms with Gasteiger partial charge in [0.25, 0.3) is 0 Å². The first-order valence-corrected chi connectivity index (χ1v) is 15.4. The molecule has 0 fully saturated rings. The SMILES string of the molecule is c1ccc(-n2c3ccccc3c3cc(-n4ccc5c6cc7c(cc6ccc54)c4ccccc4n7-c4ccccc4)ccc32)cc1. The van der Waals surface area contributed by atoms with Gasteiger partial charge >= 0.3 is 0 Å². The lowest BCUT2D eigenvalue weighted by Gasteiger charge is -2.10. The first-order chi connectivity index (χ1) is 22.3. The van der Waals surface area contributed by atoms with Gasteiger partial charge in [-0.3, -0.25) is 0 Å². The summed E-state index contributed by atoms with van der Waals surface area (Å²) in [4.78, 5) is 0. The molecule has 0 saturated heterocycles. The van der Waals surface area contributed by atoms with Gasteiger partial charge in [0.15, 0.2) is 0 Å². The second-order valence-electron chi connectivity index (χ2n) is 11.9. The molecule has 0 saturated carbocycles. The van der Waals surface area contributed by atoms with Crippen LogP contribution < -0.4 is 0 Å². The van der Waals surface area contributed by atoms with E-state index in [4.69, 9.17) is 0 Å². The molecule has 0 N–H and O–H groups in total. The average Bonchev–Trinajstić information content (AvgIpc) is 3.78. The maximum absolute atomic E-state index is 2.40. The van der Waals surface area contributed by atoms with Gasteiger partial charge in [0, 0.05) is 50.2 Å². The van der Waals surface area contributed by atoms with Crippen LogP contribution in [0.3, 0.4) is 0 Å². The summed E-state index contributed by atoms with van der Waals surface area (Å²) >= 11 is 0. The summed E-state index contributed by atoms with van der Waals surface area (Å²) < 4.78 is 7.10. The summed E-state index contributed by atoms with van der Waals surface area (Å²) in [6, 6.07) is 57.2. The molecule has 0 aliphatic rings. The lowest BCUT2D eigenvalue weighted by atomic mass is 10.0. The molecule has 0 amide bonds. The van der Waals surface area contributed by atoms with E-state index in [-0.39, 0.29) is 0 Å². The Kier molecular flexibility index (Phi) is 5.00. The summed E-state index contributed by atoms with van der Waals surface area (Å²) in [5.74, 6) is 0. The van der Waals surface area contributed by atoms with Gasteiger partial charge in [-0.15, -0.1) is 0 Å². The molecule has 0 atom stereocenters. The van der Waals surface area contributed by atoms with Gasteiger partial charge in [-0.1, -0.05) is 78.9 Å². The van der Waals surface area contributed by atoms with Crippen LogP contribution in [0.15, 0.2) is 164 Å². The highest BCUT2D eigenvalue weighted by Gasteiger charge is 2.17. The molecular formula is C42H27N3. The van der Waals surface area contributed by atoms with Gasteiger partial charge in [-0.2, -0.15) is 0 Å². The number of nitrogens with zero attached hydrogens (tertiary/aromatic N) is 3. The number of hydrogen-bond acceptors (Lipinski definition) is 0. The van der Waals surface area contributed by atoms with Crippen molar-refractivity contribution in [2.24, 2.45) is 0 Å². The van der Waals surface area contributed by atoms with Crippen molar-refractivity contribution >= 4 is 65.3 Å². The highest BCUT2D eigenvalue weighted by Crippen LogP contribution is 2.38. The normalized spacial score (nSPS) is 12.0. The Bertz CT molecular complexity index is 2740. The van der Waals surface area contributed by atoms with Crippen LogP contribution in [0.5, 0.6) is 0 Å². The van der Waals surface area contributed by atoms with E-state index in [0.29, 0.717) is 0 Å². The summed E-state index contributed by atoms with van der Waals surface area (Å²) in [5.41, 5.74) is 9.60. The molecule has 3 heteroatoms. The Hall–Kier alpha value is -6.06. The molecule has 10 aromatic rings. The van der Waals surface area contributed by atoms with Crippen LogP contribution >= 0.6 is 0 Å². The molecule has 0 aliphatic carbocycles. The largest absolute Gasteiger partial charge is 0.317 e. The van der Waals surface area contributed by atoms with Crippen LogP contribution in [0.4, 0.5) is 0 Å². The number of para-hydroxylation sites is 4. The van der Waals surface area contributed by atoms with Crippen molar-refractivity contribution in [2.75, 3.05) is 0 Å². The average molecular weight is 574 g/mol. The van der Waals surface area contributed by atoms with E-state index >= 15 is 0 Å². The van der Waals surface area contributed by atoms with E-state index < -0.39 is 0 Å². The maximum atomic E-state index is 2.40. The van der Waals surface area contributed by atoms with Crippen molar-refractivity contribution in [3.63, 3.8) is 0 Å². The van der Waals surface area contributed by atoms with E-state index in [1.165, 1.54) is 76.7 Å². The lowest BCUT2D eigenvalue weighted by Crippen LogP contribution is -1.95. The highest BCUT2D eigenvalue weighted by molar-refractivity contribution is 6.18. The van der Waals surface area contributed by atoms with E-state index in [1.807, 2.05) is 0 Å². The standard InChI is InChI=1S/C42H27N3/c1-3-11-29(12-4-1)44-39-17-9-8-16-33(39)37-26-31(20-22-41(37)44)43-24-23-34-35-27-42-36(25-28(35)19-21-38(34)43)32-15-7-10-18-40(32)45(42)30-13-5-2-6-14-30/h1-27H. The third-order valence-electron chi connectivity index (χ3n) is 9.44. The Morgan fingerprint density at radius 1 is 0.289 bits per heavy atom. The fourth-order valence-corrected chi connectivity index (χ4v) is 7.46. The third-order valence-corrected chi connectivity index (χ3v) is 9.44.